The van der Waals surface area contributed by atoms with Gasteiger partial charge in [-0.3, -0.25) is 0 Å². The maximum Gasteiger partial charge on any atom is 0.140 e. The molecule has 84 valence electrons. The third-order valence-corrected chi connectivity index (χ3v) is 2.91. The van der Waals surface area contributed by atoms with Gasteiger partial charge in [-0.05, 0) is 53.5 Å². The molecule has 4 heteroatoms. The molecule has 0 amide bonds. The Labute approximate surface area is 103 Å². The second kappa shape index (κ2) is 4.70. The Morgan fingerprint density at radius 2 is 2.31 bits per heavy atom. The molecule has 0 aliphatic carbocycles. The number of furan rings is 1. The zero-order valence-corrected chi connectivity index (χ0v) is 10.8. The van der Waals surface area contributed by atoms with Crippen LogP contribution in [0, 0.1) is 6.92 Å². The summed E-state index contributed by atoms with van der Waals surface area (Å²) >= 11 is 3.48. The van der Waals surface area contributed by atoms with E-state index in [4.69, 9.17) is 4.42 Å². The maximum atomic E-state index is 5.33. The standard InChI is InChI=1S/C12H13BrN2O/c1-8-6-10(13)12(14-7-8)15-9(2)11-4-3-5-16-11/h3-7,9H,1-2H3,(H,14,15). The smallest absolute Gasteiger partial charge is 0.140 e. The van der Waals surface area contributed by atoms with Crippen molar-refractivity contribution >= 4 is 21.7 Å². The van der Waals surface area contributed by atoms with Gasteiger partial charge in [0.25, 0.3) is 0 Å². The monoisotopic (exact) mass is 280 g/mol. The molecule has 0 saturated heterocycles. The molecule has 0 bridgehead atoms. The third kappa shape index (κ3) is 2.44. The van der Waals surface area contributed by atoms with Crippen molar-refractivity contribution in [1.29, 1.82) is 0 Å². The highest BCUT2D eigenvalue weighted by Gasteiger charge is 2.10. The molecule has 0 aliphatic heterocycles. The molecular weight excluding hydrogens is 268 g/mol. The van der Waals surface area contributed by atoms with Crippen LogP contribution in [-0.4, -0.2) is 4.98 Å². The summed E-state index contributed by atoms with van der Waals surface area (Å²) in [6, 6.07) is 5.95. The SMILES string of the molecule is Cc1cnc(NC(C)c2ccco2)c(Br)c1. The van der Waals surface area contributed by atoms with E-state index in [9.17, 15) is 0 Å². The summed E-state index contributed by atoms with van der Waals surface area (Å²) in [7, 11) is 0. The van der Waals surface area contributed by atoms with E-state index in [2.05, 4.69) is 26.2 Å². The zero-order valence-electron chi connectivity index (χ0n) is 9.20. The average molecular weight is 281 g/mol. The molecule has 2 aromatic rings. The van der Waals surface area contributed by atoms with Crippen molar-refractivity contribution in [3.05, 3.63) is 46.5 Å². The fraction of sp³-hybridized carbons (Fsp3) is 0.250. The fourth-order valence-electron chi connectivity index (χ4n) is 1.45. The molecule has 2 heterocycles. The Morgan fingerprint density at radius 3 is 2.94 bits per heavy atom. The van der Waals surface area contributed by atoms with Crippen LogP contribution < -0.4 is 5.32 Å². The Kier molecular flexibility index (Phi) is 3.29. The summed E-state index contributed by atoms with van der Waals surface area (Å²) in [5, 5.41) is 3.29. The molecule has 0 saturated carbocycles. The topological polar surface area (TPSA) is 38.1 Å². The summed E-state index contributed by atoms with van der Waals surface area (Å²) in [4.78, 5) is 4.33. The van der Waals surface area contributed by atoms with E-state index in [1.165, 1.54) is 0 Å². The number of anilines is 1. The molecule has 0 radical (unpaired) electrons. The van der Waals surface area contributed by atoms with Gasteiger partial charge >= 0.3 is 0 Å². The van der Waals surface area contributed by atoms with Crippen molar-refractivity contribution in [2.75, 3.05) is 5.32 Å². The van der Waals surface area contributed by atoms with Crippen molar-refractivity contribution in [3.8, 4) is 0 Å². The minimum Gasteiger partial charge on any atom is -0.467 e. The molecule has 0 aromatic carbocycles. The average Bonchev–Trinajstić information content (AvgIpc) is 2.75. The van der Waals surface area contributed by atoms with Crippen molar-refractivity contribution in [1.82, 2.24) is 4.98 Å². The lowest BCUT2D eigenvalue weighted by molar-refractivity contribution is 0.490. The lowest BCUT2D eigenvalue weighted by atomic mass is 10.2. The van der Waals surface area contributed by atoms with Crippen LogP contribution in [0.3, 0.4) is 0 Å². The van der Waals surface area contributed by atoms with E-state index in [-0.39, 0.29) is 6.04 Å². The Hall–Kier alpha value is -1.29. The van der Waals surface area contributed by atoms with Crippen LogP contribution >= 0.6 is 15.9 Å². The lowest BCUT2D eigenvalue weighted by Crippen LogP contribution is -2.07. The van der Waals surface area contributed by atoms with E-state index in [0.29, 0.717) is 0 Å². The van der Waals surface area contributed by atoms with E-state index >= 15 is 0 Å². The highest BCUT2D eigenvalue weighted by molar-refractivity contribution is 9.10. The second-order valence-corrected chi connectivity index (χ2v) is 4.58. The van der Waals surface area contributed by atoms with Gasteiger partial charge in [0.2, 0.25) is 0 Å². The van der Waals surface area contributed by atoms with Gasteiger partial charge in [0.15, 0.2) is 0 Å². The molecule has 16 heavy (non-hydrogen) atoms. The summed E-state index contributed by atoms with van der Waals surface area (Å²) in [5.74, 6) is 1.73. The van der Waals surface area contributed by atoms with Crippen molar-refractivity contribution in [2.45, 2.75) is 19.9 Å². The maximum absolute atomic E-state index is 5.33. The highest BCUT2D eigenvalue weighted by atomic mass is 79.9. The minimum atomic E-state index is 0.0986. The van der Waals surface area contributed by atoms with Crippen molar-refractivity contribution in [2.24, 2.45) is 0 Å². The number of hydrogen-bond acceptors (Lipinski definition) is 3. The van der Waals surface area contributed by atoms with E-state index in [1.807, 2.05) is 38.2 Å². The predicted molar refractivity (Wildman–Crippen MR) is 67.4 cm³/mol. The molecular formula is C12H13BrN2O. The summed E-state index contributed by atoms with van der Waals surface area (Å²) in [6.07, 6.45) is 3.51. The van der Waals surface area contributed by atoms with Crippen molar-refractivity contribution in [3.63, 3.8) is 0 Å². The van der Waals surface area contributed by atoms with Crippen LogP contribution in [0.4, 0.5) is 5.82 Å². The first-order valence-corrected chi connectivity index (χ1v) is 5.88. The summed E-state index contributed by atoms with van der Waals surface area (Å²) in [5.41, 5.74) is 1.13. The van der Waals surface area contributed by atoms with Crippen LogP contribution in [-0.2, 0) is 0 Å². The van der Waals surface area contributed by atoms with E-state index in [0.717, 1.165) is 21.6 Å². The van der Waals surface area contributed by atoms with Gasteiger partial charge in [-0.2, -0.15) is 0 Å². The first kappa shape index (κ1) is 11.2. The highest BCUT2D eigenvalue weighted by Crippen LogP contribution is 2.25. The number of nitrogens with one attached hydrogen (secondary N) is 1. The number of hydrogen-bond donors (Lipinski definition) is 1. The van der Waals surface area contributed by atoms with Gasteiger partial charge in [0.1, 0.15) is 11.6 Å². The number of aryl methyl sites for hydroxylation is 1. The minimum absolute atomic E-state index is 0.0986. The quantitative estimate of drug-likeness (QED) is 0.926. The van der Waals surface area contributed by atoms with E-state index in [1.54, 1.807) is 6.26 Å². The normalized spacial score (nSPS) is 12.4. The first-order valence-electron chi connectivity index (χ1n) is 5.09. The van der Waals surface area contributed by atoms with Crippen molar-refractivity contribution < 1.29 is 4.42 Å². The van der Waals surface area contributed by atoms with Gasteiger partial charge in [-0.25, -0.2) is 4.98 Å². The number of pyridine rings is 1. The van der Waals surface area contributed by atoms with Gasteiger partial charge in [0, 0.05) is 6.20 Å². The molecule has 0 spiro atoms. The van der Waals surface area contributed by atoms with Gasteiger partial charge in [-0.1, -0.05) is 0 Å². The van der Waals surface area contributed by atoms with Crippen LogP contribution in [0.2, 0.25) is 0 Å². The zero-order chi connectivity index (χ0) is 11.5. The number of aromatic nitrogens is 1. The Balaban J connectivity index is 2.15. The Bertz CT molecular complexity index is 468. The first-order chi connectivity index (χ1) is 7.66. The molecule has 3 nitrogen and oxygen atoms in total. The lowest BCUT2D eigenvalue weighted by Gasteiger charge is -2.13. The second-order valence-electron chi connectivity index (χ2n) is 3.72. The van der Waals surface area contributed by atoms with Crippen LogP contribution in [0.15, 0.2) is 39.5 Å². The van der Waals surface area contributed by atoms with E-state index < -0.39 is 0 Å². The third-order valence-electron chi connectivity index (χ3n) is 2.30. The molecule has 0 aliphatic rings. The molecule has 2 aromatic heterocycles. The number of nitrogens with zero attached hydrogens (tertiary/aromatic N) is 1. The summed E-state index contributed by atoms with van der Waals surface area (Å²) in [6.45, 7) is 4.05. The predicted octanol–water partition coefficient (Wildman–Crippen LogP) is 3.92. The Morgan fingerprint density at radius 1 is 1.50 bits per heavy atom. The molecule has 1 unspecified atom stereocenters. The number of rotatable bonds is 3. The number of halogens is 1. The van der Waals surface area contributed by atoms with Crippen LogP contribution in [0.25, 0.3) is 0 Å². The molecule has 1 atom stereocenters. The van der Waals surface area contributed by atoms with Crippen LogP contribution in [0.5, 0.6) is 0 Å². The van der Waals surface area contributed by atoms with Gasteiger partial charge < -0.3 is 9.73 Å². The van der Waals surface area contributed by atoms with Crippen LogP contribution in [0.1, 0.15) is 24.3 Å². The van der Waals surface area contributed by atoms with Gasteiger partial charge in [0.05, 0.1) is 16.8 Å². The summed E-state index contributed by atoms with van der Waals surface area (Å²) < 4.78 is 6.29. The largest absolute Gasteiger partial charge is 0.467 e. The fourth-order valence-corrected chi connectivity index (χ4v) is 2.03. The van der Waals surface area contributed by atoms with Gasteiger partial charge in [-0.15, -0.1) is 0 Å². The molecule has 2 rings (SSSR count). The molecule has 1 N–H and O–H groups in total. The molecule has 0 fully saturated rings.